The predicted octanol–water partition coefficient (Wildman–Crippen LogP) is 4.15. The number of aromatic amines is 1. The fourth-order valence-corrected chi connectivity index (χ4v) is 4.31. The van der Waals surface area contributed by atoms with E-state index in [1.54, 1.807) is 4.90 Å². The number of rotatable bonds is 4. The lowest BCUT2D eigenvalue weighted by atomic mass is 10.0. The number of carbonyl (C=O) groups is 1. The summed E-state index contributed by atoms with van der Waals surface area (Å²) in [4.78, 5) is 24.9. The van der Waals surface area contributed by atoms with Crippen molar-refractivity contribution in [2.24, 2.45) is 0 Å². The number of hydrogen-bond acceptors (Lipinski definition) is 4. The highest BCUT2D eigenvalue weighted by Gasteiger charge is 2.34. The standard InChI is InChI=1S/C23H25N5O/c1-3-27-12-10-16(11-13-27)24-17-8-9-21-18(14-17)15(2)22(29)28(21)23-25-19-6-4-5-7-20(19)26-23/h4-9,14,16,24H,2-3,10-13H2,1H3,(H,25,26). The SMILES string of the molecule is C=C1C(=O)N(c2nc3ccccc3[nH]2)c2ccc(NC3CCN(CC)CC3)cc21. The molecule has 0 bridgehead atoms. The van der Waals surface area contributed by atoms with Crippen molar-refractivity contribution in [1.82, 2.24) is 14.9 Å². The van der Waals surface area contributed by atoms with Crippen LogP contribution in [0.4, 0.5) is 17.3 Å². The van der Waals surface area contributed by atoms with E-state index in [0.29, 0.717) is 17.6 Å². The number of imidazole rings is 1. The number of hydrogen-bond donors (Lipinski definition) is 2. The maximum Gasteiger partial charge on any atom is 0.265 e. The Morgan fingerprint density at radius 2 is 2.00 bits per heavy atom. The van der Waals surface area contributed by atoms with Crippen molar-refractivity contribution in [3.8, 4) is 0 Å². The molecule has 3 heterocycles. The highest BCUT2D eigenvalue weighted by Crippen LogP contribution is 2.41. The second-order valence-electron chi connectivity index (χ2n) is 7.78. The van der Waals surface area contributed by atoms with Gasteiger partial charge in [0, 0.05) is 36.0 Å². The van der Waals surface area contributed by atoms with Crippen LogP contribution in [-0.2, 0) is 4.79 Å². The molecule has 2 N–H and O–H groups in total. The van der Waals surface area contributed by atoms with Crippen molar-refractivity contribution >= 4 is 39.8 Å². The van der Waals surface area contributed by atoms with Crippen LogP contribution in [0.5, 0.6) is 0 Å². The lowest BCUT2D eigenvalue weighted by Crippen LogP contribution is -2.38. The summed E-state index contributed by atoms with van der Waals surface area (Å²) in [6.45, 7) is 9.64. The largest absolute Gasteiger partial charge is 0.382 e. The summed E-state index contributed by atoms with van der Waals surface area (Å²) in [7, 11) is 0. The van der Waals surface area contributed by atoms with Crippen LogP contribution >= 0.6 is 0 Å². The Kier molecular flexibility index (Phi) is 4.36. The number of nitrogens with one attached hydrogen (secondary N) is 2. The first-order valence-electron chi connectivity index (χ1n) is 10.3. The van der Waals surface area contributed by atoms with Crippen LogP contribution in [0.2, 0.25) is 0 Å². The number of anilines is 3. The van der Waals surface area contributed by atoms with E-state index < -0.39 is 0 Å². The number of amides is 1. The minimum absolute atomic E-state index is 0.132. The molecule has 5 rings (SSSR count). The number of carbonyl (C=O) groups excluding carboxylic acids is 1. The van der Waals surface area contributed by atoms with Gasteiger partial charge in [0.15, 0.2) is 0 Å². The van der Waals surface area contributed by atoms with Crippen LogP contribution in [0.3, 0.4) is 0 Å². The van der Waals surface area contributed by atoms with Crippen LogP contribution in [0.15, 0.2) is 49.0 Å². The summed E-state index contributed by atoms with van der Waals surface area (Å²) >= 11 is 0. The molecule has 6 heteroatoms. The average Bonchev–Trinajstić information content (AvgIpc) is 3.28. The van der Waals surface area contributed by atoms with Gasteiger partial charge in [0.1, 0.15) is 0 Å². The van der Waals surface area contributed by atoms with Gasteiger partial charge < -0.3 is 15.2 Å². The van der Waals surface area contributed by atoms with E-state index in [9.17, 15) is 4.79 Å². The highest BCUT2D eigenvalue weighted by atomic mass is 16.2. The van der Waals surface area contributed by atoms with Crippen molar-refractivity contribution < 1.29 is 4.79 Å². The molecule has 1 aromatic heterocycles. The summed E-state index contributed by atoms with van der Waals surface area (Å²) in [5.74, 6) is 0.399. The van der Waals surface area contributed by atoms with E-state index in [-0.39, 0.29) is 5.91 Å². The van der Waals surface area contributed by atoms with Gasteiger partial charge in [-0.25, -0.2) is 9.88 Å². The molecule has 0 aliphatic carbocycles. The first-order chi connectivity index (χ1) is 14.1. The van der Waals surface area contributed by atoms with Gasteiger partial charge in [-0.3, -0.25) is 4.79 Å². The minimum atomic E-state index is -0.132. The molecular weight excluding hydrogens is 362 g/mol. The molecule has 0 unspecified atom stereocenters. The van der Waals surface area contributed by atoms with Crippen molar-refractivity contribution in [2.75, 3.05) is 29.9 Å². The smallest absolute Gasteiger partial charge is 0.265 e. The van der Waals surface area contributed by atoms with Crippen LogP contribution in [-0.4, -0.2) is 46.5 Å². The van der Waals surface area contributed by atoms with E-state index >= 15 is 0 Å². The number of fused-ring (bicyclic) bond motifs is 2. The van der Waals surface area contributed by atoms with E-state index in [0.717, 1.165) is 60.4 Å². The Morgan fingerprint density at radius 3 is 2.76 bits per heavy atom. The first kappa shape index (κ1) is 17.9. The van der Waals surface area contributed by atoms with Gasteiger partial charge >= 0.3 is 0 Å². The molecule has 29 heavy (non-hydrogen) atoms. The van der Waals surface area contributed by atoms with Gasteiger partial charge in [0.2, 0.25) is 5.95 Å². The number of piperidine rings is 1. The summed E-state index contributed by atoms with van der Waals surface area (Å²) in [5, 5.41) is 3.65. The Morgan fingerprint density at radius 1 is 1.21 bits per heavy atom. The lowest BCUT2D eigenvalue weighted by molar-refractivity contribution is -0.112. The fraction of sp³-hybridized carbons (Fsp3) is 0.304. The Labute approximate surface area is 170 Å². The fourth-order valence-electron chi connectivity index (χ4n) is 4.31. The van der Waals surface area contributed by atoms with Crippen LogP contribution < -0.4 is 10.2 Å². The van der Waals surface area contributed by atoms with E-state index in [1.165, 1.54) is 0 Å². The van der Waals surface area contributed by atoms with Gasteiger partial charge in [-0.05, 0) is 49.7 Å². The Bertz CT molecular complexity index is 1060. The van der Waals surface area contributed by atoms with Gasteiger partial charge in [0.25, 0.3) is 5.91 Å². The van der Waals surface area contributed by atoms with Gasteiger partial charge in [0.05, 0.1) is 16.7 Å². The number of likely N-dealkylation sites (tertiary alicyclic amines) is 1. The highest BCUT2D eigenvalue weighted by molar-refractivity contribution is 6.34. The molecular formula is C23H25N5O. The quantitative estimate of drug-likeness (QED) is 0.660. The summed E-state index contributed by atoms with van der Waals surface area (Å²) in [5.41, 5.74) is 4.98. The maximum absolute atomic E-state index is 13.0. The molecule has 1 fully saturated rings. The van der Waals surface area contributed by atoms with Crippen molar-refractivity contribution in [3.05, 3.63) is 54.6 Å². The molecule has 0 spiro atoms. The van der Waals surface area contributed by atoms with Crippen molar-refractivity contribution in [2.45, 2.75) is 25.8 Å². The van der Waals surface area contributed by atoms with E-state index in [1.807, 2.05) is 42.5 Å². The Hall–Kier alpha value is -3.12. The molecule has 3 aromatic rings. The third kappa shape index (κ3) is 3.09. The summed E-state index contributed by atoms with van der Waals surface area (Å²) in [6, 6.07) is 14.3. The van der Waals surface area contributed by atoms with Crippen molar-refractivity contribution in [3.63, 3.8) is 0 Å². The molecule has 1 saturated heterocycles. The second kappa shape index (κ2) is 7.04. The third-order valence-electron chi connectivity index (χ3n) is 6.02. The summed E-state index contributed by atoms with van der Waals surface area (Å²) in [6.07, 6.45) is 2.27. The minimum Gasteiger partial charge on any atom is -0.382 e. The molecule has 2 aliphatic rings. The number of para-hydroxylation sites is 2. The topological polar surface area (TPSA) is 64.3 Å². The molecule has 2 aliphatic heterocycles. The average molecular weight is 387 g/mol. The molecule has 2 aromatic carbocycles. The molecule has 0 saturated carbocycles. The lowest BCUT2D eigenvalue weighted by Gasteiger charge is -2.32. The third-order valence-corrected chi connectivity index (χ3v) is 6.02. The Balaban J connectivity index is 1.42. The zero-order chi connectivity index (χ0) is 20.0. The zero-order valence-corrected chi connectivity index (χ0v) is 16.6. The van der Waals surface area contributed by atoms with Crippen LogP contribution in [0.1, 0.15) is 25.3 Å². The van der Waals surface area contributed by atoms with Gasteiger partial charge in [-0.15, -0.1) is 0 Å². The number of nitrogens with zero attached hydrogens (tertiary/aromatic N) is 3. The van der Waals surface area contributed by atoms with Gasteiger partial charge in [-0.1, -0.05) is 25.6 Å². The molecule has 0 atom stereocenters. The normalized spacial score (nSPS) is 17.9. The van der Waals surface area contributed by atoms with Crippen molar-refractivity contribution in [1.29, 1.82) is 0 Å². The van der Waals surface area contributed by atoms with Crippen LogP contribution in [0, 0.1) is 0 Å². The zero-order valence-electron chi connectivity index (χ0n) is 16.6. The summed E-state index contributed by atoms with van der Waals surface area (Å²) < 4.78 is 0. The number of benzene rings is 2. The predicted molar refractivity (Wildman–Crippen MR) is 117 cm³/mol. The van der Waals surface area contributed by atoms with Crippen LogP contribution in [0.25, 0.3) is 16.6 Å². The monoisotopic (exact) mass is 387 g/mol. The molecule has 1 amide bonds. The molecule has 0 radical (unpaired) electrons. The number of aromatic nitrogens is 2. The maximum atomic E-state index is 13.0. The first-order valence-corrected chi connectivity index (χ1v) is 10.3. The van der Waals surface area contributed by atoms with Gasteiger partial charge in [-0.2, -0.15) is 0 Å². The van der Waals surface area contributed by atoms with E-state index in [2.05, 4.69) is 33.7 Å². The second-order valence-corrected chi connectivity index (χ2v) is 7.78. The van der Waals surface area contributed by atoms with E-state index in [4.69, 9.17) is 0 Å². The number of H-pyrrole nitrogens is 1. The molecule has 6 nitrogen and oxygen atoms in total. The molecule has 148 valence electrons.